The second-order valence-electron chi connectivity index (χ2n) is 4.65. The van der Waals surface area contributed by atoms with Gasteiger partial charge in [-0.05, 0) is 25.7 Å². The van der Waals surface area contributed by atoms with Gasteiger partial charge in [-0.25, -0.2) is 0 Å². The molecule has 2 atom stereocenters. The zero-order valence-corrected chi connectivity index (χ0v) is 9.45. The largest absolute Gasteiger partial charge is 0.396 e. The molecule has 0 bridgehead atoms. The molecule has 0 amide bonds. The van der Waals surface area contributed by atoms with E-state index in [1.807, 2.05) is 6.92 Å². The van der Waals surface area contributed by atoms with Crippen LogP contribution >= 0.6 is 0 Å². The highest BCUT2D eigenvalue weighted by molar-refractivity contribution is 4.76. The lowest BCUT2D eigenvalue weighted by molar-refractivity contribution is -0.165. The summed E-state index contributed by atoms with van der Waals surface area (Å²) in [5.74, 6) is 0.186. The van der Waals surface area contributed by atoms with Crippen LogP contribution in [0.5, 0.6) is 0 Å². The Morgan fingerprint density at radius 1 is 1.50 bits per heavy atom. The number of rotatable bonds is 5. The Labute approximate surface area is 86.4 Å². The lowest BCUT2D eigenvalue weighted by Crippen LogP contribution is -2.28. The number of aliphatic hydroxyl groups excluding tert-OH is 1. The van der Waals surface area contributed by atoms with Crippen molar-refractivity contribution in [3.8, 4) is 0 Å². The second-order valence-corrected chi connectivity index (χ2v) is 4.65. The predicted molar refractivity (Wildman–Crippen MR) is 55.0 cm³/mol. The van der Waals surface area contributed by atoms with Crippen molar-refractivity contribution >= 4 is 0 Å². The fourth-order valence-corrected chi connectivity index (χ4v) is 2.00. The van der Waals surface area contributed by atoms with Gasteiger partial charge in [0.1, 0.15) is 0 Å². The third-order valence-corrected chi connectivity index (χ3v) is 2.45. The Morgan fingerprint density at radius 2 is 2.21 bits per heavy atom. The molecule has 0 saturated carbocycles. The van der Waals surface area contributed by atoms with Crippen molar-refractivity contribution < 1.29 is 14.6 Å². The first-order valence-corrected chi connectivity index (χ1v) is 5.48. The molecule has 14 heavy (non-hydrogen) atoms. The number of ether oxygens (including phenoxy) is 2. The molecule has 0 aliphatic carbocycles. The van der Waals surface area contributed by atoms with Crippen molar-refractivity contribution in [3.05, 3.63) is 0 Å². The summed E-state index contributed by atoms with van der Waals surface area (Å²) in [6.07, 6.45) is 2.80. The van der Waals surface area contributed by atoms with Gasteiger partial charge < -0.3 is 14.6 Å². The standard InChI is InChI=1S/C11H22O3/c1-9(2)7-11(3)13-8-10(14-11)5-4-6-12/h9-10,12H,4-8H2,1-3H3. The third kappa shape index (κ3) is 3.56. The summed E-state index contributed by atoms with van der Waals surface area (Å²) in [6.45, 7) is 7.24. The van der Waals surface area contributed by atoms with Crippen LogP contribution in [-0.4, -0.2) is 30.2 Å². The van der Waals surface area contributed by atoms with Gasteiger partial charge in [0.05, 0.1) is 12.7 Å². The van der Waals surface area contributed by atoms with E-state index in [0.717, 1.165) is 19.3 Å². The molecule has 0 aromatic carbocycles. The fourth-order valence-electron chi connectivity index (χ4n) is 2.00. The first-order valence-electron chi connectivity index (χ1n) is 5.48. The monoisotopic (exact) mass is 202 g/mol. The van der Waals surface area contributed by atoms with Gasteiger partial charge in [0.15, 0.2) is 5.79 Å². The van der Waals surface area contributed by atoms with Gasteiger partial charge in [-0.1, -0.05) is 13.8 Å². The molecule has 1 aliphatic heterocycles. The van der Waals surface area contributed by atoms with E-state index in [0.29, 0.717) is 12.5 Å². The Morgan fingerprint density at radius 3 is 2.79 bits per heavy atom. The summed E-state index contributed by atoms with van der Waals surface area (Å²) in [5, 5.41) is 8.71. The van der Waals surface area contributed by atoms with E-state index in [9.17, 15) is 0 Å². The van der Waals surface area contributed by atoms with Crippen molar-refractivity contribution in [3.63, 3.8) is 0 Å². The molecule has 3 heteroatoms. The average Bonchev–Trinajstić information content (AvgIpc) is 2.42. The summed E-state index contributed by atoms with van der Waals surface area (Å²) in [4.78, 5) is 0. The van der Waals surface area contributed by atoms with Gasteiger partial charge in [-0.2, -0.15) is 0 Å². The van der Waals surface area contributed by atoms with Crippen molar-refractivity contribution in [2.24, 2.45) is 5.92 Å². The number of hydrogen-bond donors (Lipinski definition) is 1. The van der Waals surface area contributed by atoms with E-state index in [-0.39, 0.29) is 12.7 Å². The molecule has 1 aliphatic rings. The van der Waals surface area contributed by atoms with Gasteiger partial charge >= 0.3 is 0 Å². The zero-order chi connectivity index (χ0) is 10.6. The van der Waals surface area contributed by atoms with Crippen molar-refractivity contribution in [1.29, 1.82) is 0 Å². The Kier molecular flexibility index (Phi) is 4.35. The molecule has 84 valence electrons. The fraction of sp³-hybridized carbons (Fsp3) is 1.00. The van der Waals surface area contributed by atoms with Crippen LogP contribution < -0.4 is 0 Å². The first kappa shape index (κ1) is 12.0. The summed E-state index contributed by atoms with van der Waals surface area (Å²) < 4.78 is 11.5. The van der Waals surface area contributed by atoms with Crippen LogP contribution in [0, 0.1) is 5.92 Å². The van der Waals surface area contributed by atoms with Crippen LogP contribution in [0.4, 0.5) is 0 Å². The maximum absolute atomic E-state index is 8.71. The smallest absolute Gasteiger partial charge is 0.166 e. The van der Waals surface area contributed by atoms with Crippen LogP contribution in [0.15, 0.2) is 0 Å². The summed E-state index contributed by atoms with van der Waals surface area (Å²) in [7, 11) is 0. The normalized spacial score (nSPS) is 32.8. The van der Waals surface area contributed by atoms with Gasteiger partial charge in [-0.15, -0.1) is 0 Å². The Bertz CT molecular complexity index is 170. The lowest BCUT2D eigenvalue weighted by Gasteiger charge is -2.25. The summed E-state index contributed by atoms with van der Waals surface area (Å²) >= 11 is 0. The second kappa shape index (κ2) is 5.10. The minimum atomic E-state index is -0.395. The van der Waals surface area contributed by atoms with E-state index in [1.165, 1.54) is 0 Å². The third-order valence-electron chi connectivity index (χ3n) is 2.45. The van der Waals surface area contributed by atoms with Crippen LogP contribution in [0.25, 0.3) is 0 Å². The van der Waals surface area contributed by atoms with Crippen LogP contribution in [0.2, 0.25) is 0 Å². The SMILES string of the molecule is CC(C)CC1(C)OCC(CCCO)O1. The van der Waals surface area contributed by atoms with Crippen molar-refractivity contribution in [1.82, 2.24) is 0 Å². The molecule has 1 N–H and O–H groups in total. The van der Waals surface area contributed by atoms with E-state index in [4.69, 9.17) is 14.6 Å². The zero-order valence-electron chi connectivity index (χ0n) is 9.45. The molecule has 1 rings (SSSR count). The summed E-state index contributed by atoms with van der Waals surface area (Å²) in [5.41, 5.74) is 0. The molecule has 0 spiro atoms. The molecule has 2 unspecified atom stereocenters. The quantitative estimate of drug-likeness (QED) is 0.740. The van der Waals surface area contributed by atoms with Crippen molar-refractivity contribution in [2.45, 2.75) is 51.9 Å². The Balaban J connectivity index is 2.31. The average molecular weight is 202 g/mol. The minimum absolute atomic E-state index is 0.172. The molecule has 0 aromatic rings. The molecular formula is C11H22O3. The Hall–Kier alpha value is -0.120. The molecular weight excluding hydrogens is 180 g/mol. The lowest BCUT2D eigenvalue weighted by atomic mass is 10.0. The van der Waals surface area contributed by atoms with Gasteiger partial charge in [0.2, 0.25) is 0 Å². The van der Waals surface area contributed by atoms with E-state index < -0.39 is 5.79 Å². The van der Waals surface area contributed by atoms with Gasteiger partial charge in [0.25, 0.3) is 0 Å². The highest BCUT2D eigenvalue weighted by Gasteiger charge is 2.37. The predicted octanol–water partition coefficient (Wildman–Crippen LogP) is 1.94. The van der Waals surface area contributed by atoms with E-state index >= 15 is 0 Å². The van der Waals surface area contributed by atoms with E-state index in [2.05, 4.69) is 13.8 Å². The van der Waals surface area contributed by atoms with Gasteiger partial charge in [-0.3, -0.25) is 0 Å². The van der Waals surface area contributed by atoms with Gasteiger partial charge in [0, 0.05) is 13.0 Å². The summed E-state index contributed by atoms with van der Waals surface area (Å²) in [6, 6.07) is 0. The molecule has 1 saturated heterocycles. The maximum atomic E-state index is 8.71. The maximum Gasteiger partial charge on any atom is 0.166 e. The molecule has 0 radical (unpaired) electrons. The van der Waals surface area contributed by atoms with Crippen LogP contribution in [0.1, 0.15) is 40.0 Å². The van der Waals surface area contributed by atoms with Crippen LogP contribution in [0.3, 0.4) is 0 Å². The molecule has 1 heterocycles. The molecule has 0 aromatic heterocycles. The highest BCUT2D eigenvalue weighted by atomic mass is 16.7. The van der Waals surface area contributed by atoms with E-state index in [1.54, 1.807) is 0 Å². The number of hydrogen-bond acceptors (Lipinski definition) is 3. The molecule has 3 nitrogen and oxygen atoms in total. The minimum Gasteiger partial charge on any atom is -0.396 e. The van der Waals surface area contributed by atoms with Crippen molar-refractivity contribution in [2.75, 3.05) is 13.2 Å². The topological polar surface area (TPSA) is 38.7 Å². The highest BCUT2D eigenvalue weighted by Crippen LogP contribution is 2.31. The van der Waals surface area contributed by atoms with Crippen LogP contribution in [-0.2, 0) is 9.47 Å². The number of aliphatic hydroxyl groups is 1. The molecule has 1 fully saturated rings. The first-order chi connectivity index (χ1) is 6.56.